The fraction of sp³-hybridized carbons (Fsp3) is 0.950. The first kappa shape index (κ1) is 22.2. The summed E-state index contributed by atoms with van der Waals surface area (Å²) in [4.78, 5) is 13.9. The van der Waals surface area contributed by atoms with Gasteiger partial charge in [-0.25, -0.2) is 0 Å². The van der Waals surface area contributed by atoms with Crippen LogP contribution in [0, 0.1) is 0 Å². The Morgan fingerprint density at radius 3 is 2.46 bits per heavy atom. The van der Waals surface area contributed by atoms with Gasteiger partial charge in [0.25, 0.3) is 0 Å². The van der Waals surface area contributed by atoms with Crippen LogP contribution in [0.3, 0.4) is 0 Å². The molecule has 28 heavy (non-hydrogen) atoms. The van der Waals surface area contributed by atoms with Crippen molar-refractivity contribution in [3.8, 4) is 0 Å². The molecule has 0 unspecified atom stereocenters. The van der Waals surface area contributed by atoms with Gasteiger partial charge < -0.3 is 24.3 Å². The van der Waals surface area contributed by atoms with Crippen LogP contribution in [-0.2, 0) is 18.7 Å². The molecule has 8 heteroatoms. The number of fused-ring (bicyclic) bond motifs is 3. The maximum absolute atomic E-state index is 11.6. The van der Waals surface area contributed by atoms with Crippen molar-refractivity contribution in [3.05, 3.63) is 0 Å². The molecule has 0 aromatic heterocycles. The number of hydrogen-bond donors (Lipinski definition) is 2. The van der Waals surface area contributed by atoms with E-state index in [-0.39, 0.29) is 41.3 Å². The molecule has 162 valence electrons. The summed E-state index contributed by atoms with van der Waals surface area (Å²) < 4.78 is 18.9. The topological polar surface area (TPSA) is 80.3 Å². The normalized spacial score (nSPS) is 37.8. The zero-order valence-corrected chi connectivity index (χ0v) is 19.6. The molecule has 0 aromatic rings. The highest BCUT2D eigenvalue weighted by Crippen LogP contribution is 2.47. The van der Waals surface area contributed by atoms with Gasteiger partial charge in [0, 0.05) is 26.1 Å². The lowest BCUT2D eigenvalue weighted by atomic mass is 10.0. The third-order valence-corrected chi connectivity index (χ3v) is 11.4. The van der Waals surface area contributed by atoms with Gasteiger partial charge in [0.15, 0.2) is 14.1 Å². The van der Waals surface area contributed by atoms with E-state index < -0.39 is 20.2 Å². The van der Waals surface area contributed by atoms with E-state index in [0.717, 1.165) is 0 Å². The summed E-state index contributed by atoms with van der Waals surface area (Å²) in [7, 11) is -1.89. The first-order chi connectivity index (χ1) is 12.7. The molecule has 0 radical (unpaired) electrons. The van der Waals surface area contributed by atoms with Crippen LogP contribution in [0.5, 0.6) is 0 Å². The fourth-order valence-electron chi connectivity index (χ4n) is 4.56. The average Bonchev–Trinajstić information content (AvgIpc) is 3.09. The Bertz CT molecular complexity index is 606. The van der Waals surface area contributed by atoms with Gasteiger partial charge in [-0.3, -0.25) is 9.69 Å². The van der Waals surface area contributed by atoms with Crippen molar-refractivity contribution in [2.45, 2.75) is 108 Å². The molecular weight excluding hydrogens is 376 g/mol. The molecular formula is C20H38N2O5Si. The number of ether oxygens (including phenoxy) is 2. The number of carbonyl (C=O) groups is 1. The van der Waals surface area contributed by atoms with Gasteiger partial charge in [0.05, 0.1) is 18.2 Å². The third-order valence-electron chi connectivity index (χ3n) is 6.94. The lowest BCUT2D eigenvalue weighted by Crippen LogP contribution is -2.52. The molecule has 0 aliphatic carbocycles. The Kier molecular flexibility index (Phi) is 5.80. The van der Waals surface area contributed by atoms with E-state index in [4.69, 9.17) is 13.9 Å². The minimum absolute atomic E-state index is 0.0363. The predicted octanol–water partition coefficient (Wildman–Crippen LogP) is 1.85. The molecule has 3 saturated heterocycles. The van der Waals surface area contributed by atoms with E-state index in [1.807, 2.05) is 13.8 Å². The van der Waals surface area contributed by atoms with Gasteiger partial charge in [-0.2, -0.15) is 0 Å². The minimum Gasteiger partial charge on any atom is -0.415 e. The number of carbonyl (C=O) groups excluding carboxylic acids is 1. The molecule has 2 N–H and O–H groups in total. The highest BCUT2D eigenvalue weighted by molar-refractivity contribution is 6.74. The Morgan fingerprint density at radius 2 is 1.89 bits per heavy atom. The summed E-state index contributed by atoms with van der Waals surface area (Å²) in [5, 5.41) is 13.9. The number of amides is 1. The highest BCUT2D eigenvalue weighted by atomic mass is 28.4. The van der Waals surface area contributed by atoms with E-state index >= 15 is 0 Å². The van der Waals surface area contributed by atoms with Gasteiger partial charge in [0.1, 0.15) is 12.2 Å². The van der Waals surface area contributed by atoms with Gasteiger partial charge in [0.2, 0.25) is 5.91 Å². The Morgan fingerprint density at radius 1 is 1.29 bits per heavy atom. The van der Waals surface area contributed by atoms with Gasteiger partial charge in [-0.05, 0) is 38.4 Å². The quantitative estimate of drug-likeness (QED) is 0.669. The molecule has 3 rings (SSSR count). The van der Waals surface area contributed by atoms with Crippen molar-refractivity contribution in [2.75, 3.05) is 13.2 Å². The maximum atomic E-state index is 11.6. The van der Waals surface area contributed by atoms with E-state index in [1.165, 1.54) is 6.92 Å². The lowest BCUT2D eigenvalue weighted by Gasteiger charge is -2.39. The number of nitrogens with one attached hydrogen (secondary N) is 1. The van der Waals surface area contributed by atoms with Gasteiger partial charge in [-0.15, -0.1) is 0 Å². The first-order valence-corrected chi connectivity index (χ1v) is 13.3. The van der Waals surface area contributed by atoms with Crippen LogP contribution in [-0.4, -0.2) is 79.6 Å². The molecule has 3 aliphatic rings. The summed E-state index contributed by atoms with van der Waals surface area (Å²) in [5.41, 5.74) is 0. The number of aliphatic hydroxyl groups excluding tert-OH is 1. The van der Waals surface area contributed by atoms with Crippen LogP contribution in [0.1, 0.15) is 48.0 Å². The van der Waals surface area contributed by atoms with Crippen LogP contribution in [0.4, 0.5) is 0 Å². The SMILES string of the molecule is CC(=O)NC[C@H]1[C@@H]2OC(C)(C)O[C@@H]2[C@@H]2[C@H](O)C[C@H](CO[Si](C)(C)C(C)(C)C)N21. The number of aliphatic hydroxyl groups is 1. The van der Waals surface area contributed by atoms with E-state index in [9.17, 15) is 9.90 Å². The summed E-state index contributed by atoms with van der Waals surface area (Å²) in [6, 6.07) is -0.0711. The monoisotopic (exact) mass is 414 g/mol. The average molecular weight is 415 g/mol. The third kappa shape index (κ3) is 4.04. The Hall–Kier alpha value is -0.513. The smallest absolute Gasteiger partial charge is 0.216 e. The minimum atomic E-state index is -1.89. The predicted molar refractivity (Wildman–Crippen MR) is 109 cm³/mol. The summed E-state index contributed by atoms with van der Waals surface area (Å²) >= 11 is 0. The molecule has 0 aromatic carbocycles. The molecule has 1 amide bonds. The van der Waals surface area contributed by atoms with E-state index in [1.54, 1.807) is 0 Å². The lowest BCUT2D eigenvalue weighted by molar-refractivity contribution is -0.170. The van der Waals surface area contributed by atoms with Crippen LogP contribution < -0.4 is 5.32 Å². The first-order valence-electron chi connectivity index (χ1n) is 10.4. The Labute approximate surface area is 170 Å². The highest BCUT2D eigenvalue weighted by Gasteiger charge is 2.63. The largest absolute Gasteiger partial charge is 0.415 e. The van der Waals surface area contributed by atoms with Crippen molar-refractivity contribution in [1.82, 2.24) is 10.2 Å². The summed E-state index contributed by atoms with van der Waals surface area (Å²) in [6.45, 7) is 17.6. The second-order valence-electron chi connectivity index (χ2n) is 10.5. The maximum Gasteiger partial charge on any atom is 0.216 e. The van der Waals surface area contributed by atoms with Crippen molar-refractivity contribution >= 4 is 14.2 Å². The van der Waals surface area contributed by atoms with Crippen LogP contribution in [0.2, 0.25) is 18.1 Å². The van der Waals surface area contributed by atoms with Crippen molar-refractivity contribution < 1.29 is 23.8 Å². The summed E-state index contributed by atoms with van der Waals surface area (Å²) in [6.07, 6.45) is -0.192. The van der Waals surface area contributed by atoms with Crippen molar-refractivity contribution in [1.29, 1.82) is 0 Å². The van der Waals surface area contributed by atoms with E-state index in [2.05, 4.69) is 44.1 Å². The van der Waals surface area contributed by atoms with Crippen LogP contribution in [0.25, 0.3) is 0 Å². The zero-order valence-electron chi connectivity index (χ0n) is 18.6. The van der Waals surface area contributed by atoms with Crippen LogP contribution in [0.15, 0.2) is 0 Å². The van der Waals surface area contributed by atoms with Crippen molar-refractivity contribution in [2.24, 2.45) is 0 Å². The van der Waals surface area contributed by atoms with Gasteiger partial charge in [-0.1, -0.05) is 20.8 Å². The molecule has 0 saturated carbocycles. The number of hydrogen-bond acceptors (Lipinski definition) is 6. The second-order valence-corrected chi connectivity index (χ2v) is 15.3. The number of nitrogens with zero attached hydrogens (tertiary/aromatic N) is 1. The fourth-order valence-corrected chi connectivity index (χ4v) is 5.60. The molecule has 3 fully saturated rings. The standard InChI is InChI=1S/C20H38N2O5Si/c1-12(23)21-10-14-17-18(27-20(5,6)26-17)16-15(24)9-13(22(14)16)11-25-28(7,8)19(2,3)4/h13-18,24H,9-11H2,1-8H3,(H,21,23)/t13-,14+,15-,16+,17+,18-/m1/s1. The molecule has 3 heterocycles. The number of rotatable bonds is 5. The molecule has 0 bridgehead atoms. The molecule has 6 atom stereocenters. The van der Waals surface area contributed by atoms with Gasteiger partial charge >= 0.3 is 0 Å². The molecule has 7 nitrogen and oxygen atoms in total. The second kappa shape index (κ2) is 7.32. The summed E-state index contributed by atoms with van der Waals surface area (Å²) in [5.74, 6) is -0.738. The van der Waals surface area contributed by atoms with Crippen molar-refractivity contribution in [3.63, 3.8) is 0 Å². The molecule has 0 spiro atoms. The van der Waals surface area contributed by atoms with E-state index in [0.29, 0.717) is 19.6 Å². The zero-order chi connectivity index (χ0) is 21.1. The van der Waals surface area contributed by atoms with Crippen LogP contribution >= 0.6 is 0 Å². The Balaban J connectivity index is 1.79. The molecule has 3 aliphatic heterocycles.